The summed E-state index contributed by atoms with van der Waals surface area (Å²) < 4.78 is 0. The number of benzene rings is 1. The normalized spacial score (nSPS) is 8.33. The number of nitro groups is 1. The summed E-state index contributed by atoms with van der Waals surface area (Å²) in [5.74, 6) is 0. The Kier molecular flexibility index (Phi) is 4.73. The van der Waals surface area contributed by atoms with Gasteiger partial charge in [0.2, 0.25) is 0 Å². The van der Waals surface area contributed by atoms with Crippen LogP contribution in [0.4, 0.5) is 5.69 Å². The minimum Gasteiger partial charge on any atom is -0.298 e. The molecular weight excluding hydrogens is 169 g/mol. The van der Waals surface area contributed by atoms with Gasteiger partial charge in [0.15, 0.2) is 6.29 Å². The van der Waals surface area contributed by atoms with E-state index in [2.05, 4.69) is 0 Å². The molecule has 0 fully saturated rings. The van der Waals surface area contributed by atoms with Crippen LogP contribution in [0, 0.1) is 10.1 Å². The molecule has 1 aromatic carbocycles. The topological polar surface area (TPSA) is 60.2 Å². The SMILES string of the molecule is O=Cc1ccccc1[N+](=O)[O-].[Na+]. The van der Waals surface area contributed by atoms with Crippen molar-refractivity contribution in [1.29, 1.82) is 0 Å². The summed E-state index contributed by atoms with van der Waals surface area (Å²) in [6.45, 7) is 0. The molecule has 0 saturated carbocycles. The van der Waals surface area contributed by atoms with E-state index in [1.54, 1.807) is 6.07 Å². The van der Waals surface area contributed by atoms with Crippen molar-refractivity contribution in [1.82, 2.24) is 0 Å². The van der Waals surface area contributed by atoms with E-state index in [9.17, 15) is 14.9 Å². The van der Waals surface area contributed by atoms with Gasteiger partial charge in [-0.15, -0.1) is 0 Å². The third-order valence-corrected chi connectivity index (χ3v) is 1.26. The van der Waals surface area contributed by atoms with Crippen LogP contribution in [-0.2, 0) is 0 Å². The second-order valence-corrected chi connectivity index (χ2v) is 1.93. The maximum atomic E-state index is 10.2. The van der Waals surface area contributed by atoms with Crippen molar-refractivity contribution in [3.8, 4) is 0 Å². The molecule has 5 heteroatoms. The van der Waals surface area contributed by atoms with Crippen LogP contribution in [0.5, 0.6) is 0 Å². The van der Waals surface area contributed by atoms with Crippen molar-refractivity contribution in [2.24, 2.45) is 0 Å². The van der Waals surface area contributed by atoms with E-state index in [4.69, 9.17) is 0 Å². The minimum atomic E-state index is -0.580. The average Bonchev–Trinajstić information content (AvgIpc) is 2.04. The molecule has 4 nitrogen and oxygen atoms in total. The maximum absolute atomic E-state index is 10.2. The van der Waals surface area contributed by atoms with E-state index < -0.39 is 4.92 Å². The average molecular weight is 174 g/mol. The van der Waals surface area contributed by atoms with E-state index in [1.165, 1.54) is 18.2 Å². The van der Waals surface area contributed by atoms with Crippen LogP contribution < -0.4 is 29.6 Å². The zero-order chi connectivity index (χ0) is 8.27. The number of hydrogen-bond donors (Lipinski definition) is 0. The molecule has 0 aliphatic heterocycles. The molecule has 0 aromatic heterocycles. The van der Waals surface area contributed by atoms with E-state index >= 15 is 0 Å². The largest absolute Gasteiger partial charge is 1.00 e. The first-order valence-corrected chi connectivity index (χ1v) is 2.94. The monoisotopic (exact) mass is 174 g/mol. The summed E-state index contributed by atoms with van der Waals surface area (Å²) >= 11 is 0. The summed E-state index contributed by atoms with van der Waals surface area (Å²) in [4.78, 5) is 19.9. The number of carbonyl (C=O) groups is 1. The van der Waals surface area contributed by atoms with Gasteiger partial charge in [-0.05, 0) is 6.07 Å². The van der Waals surface area contributed by atoms with Gasteiger partial charge in [0, 0.05) is 6.07 Å². The maximum Gasteiger partial charge on any atom is 1.00 e. The number of carbonyl (C=O) groups excluding carboxylic acids is 1. The Morgan fingerprint density at radius 1 is 1.33 bits per heavy atom. The molecule has 0 saturated heterocycles. The zero-order valence-corrected chi connectivity index (χ0v) is 8.56. The summed E-state index contributed by atoms with van der Waals surface area (Å²) in [6.07, 6.45) is 0.470. The van der Waals surface area contributed by atoms with Gasteiger partial charge in [-0.3, -0.25) is 14.9 Å². The van der Waals surface area contributed by atoms with Crippen molar-refractivity contribution in [2.45, 2.75) is 0 Å². The predicted octanol–water partition coefficient (Wildman–Crippen LogP) is -1.59. The molecule has 56 valence electrons. The Balaban J connectivity index is 0.00000121. The number of hydrogen-bond acceptors (Lipinski definition) is 3. The molecule has 0 bridgehead atoms. The summed E-state index contributed by atoms with van der Waals surface area (Å²) in [5.41, 5.74) is -0.0417. The molecule has 0 aliphatic carbocycles. The molecule has 0 atom stereocenters. The molecule has 1 rings (SSSR count). The second kappa shape index (κ2) is 5.03. The van der Waals surface area contributed by atoms with Gasteiger partial charge in [-0.1, -0.05) is 12.1 Å². The van der Waals surface area contributed by atoms with Gasteiger partial charge in [0.1, 0.15) is 0 Å². The van der Waals surface area contributed by atoms with Gasteiger partial charge >= 0.3 is 29.6 Å². The number of nitrogens with zero attached hydrogens (tertiary/aromatic N) is 1. The van der Waals surface area contributed by atoms with Crippen LogP contribution in [-0.4, -0.2) is 11.2 Å². The second-order valence-electron chi connectivity index (χ2n) is 1.93. The van der Waals surface area contributed by atoms with Gasteiger partial charge in [0.05, 0.1) is 10.5 Å². The van der Waals surface area contributed by atoms with Crippen LogP contribution in [0.1, 0.15) is 10.4 Å². The molecule has 0 spiro atoms. The fourth-order valence-electron chi connectivity index (χ4n) is 0.753. The Hall–Kier alpha value is -0.710. The third kappa shape index (κ3) is 2.41. The molecular formula is C7H5NNaO3+. The van der Waals surface area contributed by atoms with Crippen molar-refractivity contribution >= 4 is 12.0 Å². The van der Waals surface area contributed by atoms with Crippen molar-refractivity contribution in [2.75, 3.05) is 0 Å². The van der Waals surface area contributed by atoms with E-state index in [-0.39, 0.29) is 40.8 Å². The van der Waals surface area contributed by atoms with E-state index in [0.717, 1.165) is 0 Å². The standard InChI is InChI=1S/C7H5NO3.Na/c9-5-6-3-1-2-4-7(6)8(10)11;/h1-5H;/q;+1. The number of aldehydes is 1. The summed E-state index contributed by atoms with van der Waals surface area (Å²) in [7, 11) is 0. The molecule has 0 N–H and O–H groups in total. The number of nitro benzene ring substituents is 1. The van der Waals surface area contributed by atoms with Crippen LogP contribution in [0.25, 0.3) is 0 Å². The molecule has 0 radical (unpaired) electrons. The summed E-state index contributed by atoms with van der Waals surface area (Å²) in [6, 6.07) is 5.80. The van der Waals surface area contributed by atoms with Gasteiger partial charge in [-0.2, -0.15) is 0 Å². The van der Waals surface area contributed by atoms with Crippen LogP contribution in [0.15, 0.2) is 24.3 Å². The van der Waals surface area contributed by atoms with Crippen LogP contribution >= 0.6 is 0 Å². The van der Waals surface area contributed by atoms with Crippen LogP contribution in [0.2, 0.25) is 0 Å². The molecule has 0 aliphatic rings. The smallest absolute Gasteiger partial charge is 0.298 e. The predicted molar refractivity (Wildman–Crippen MR) is 38.5 cm³/mol. The molecule has 0 heterocycles. The Morgan fingerprint density at radius 2 is 1.92 bits per heavy atom. The Morgan fingerprint density at radius 3 is 2.33 bits per heavy atom. The van der Waals surface area contributed by atoms with Gasteiger partial charge in [0.25, 0.3) is 5.69 Å². The van der Waals surface area contributed by atoms with Crippen LogP contribution in [0.3, 0.4) is 0 Å². The molecule has 12 heavy (non-hydrogen) atoms. The van der Waals surface area contributed by atoms with Crippen molar-refractivity contribution < 1.29 is 39.3 Å². The Labute approximate surface area is 91.0 Å². The van der Waals surface area contributed by atoms with Gasteiger partial charge in [-0.25, -0.2) is 0 Å². The van der Waals surface area contributed by atoms with Crippen molar-refractivity contribution in [3.05, 3.63) is 39.9 Å². The third-order valence-electron chi connectivity index (χ3n) is 1.26. The summed E-state index contributed by atoms with van der Waals surface area (Å²) in [5, 5.41) is 10.2. The first kappa shape index (κ1) is 11.3. The zero-order valence-electron chi connectivity index (χ0n) is 6.56. The van der Waals surface area contributed by atoms with Gasteiger partial charge < -0.3 is 0 Å². The van der Waals surface area contributed by atoms with E-state index in [1.807, 2.05) is 0 Å². The Bertz CT molecular complexity index is 300. The minimum absolute atomic E-state index is 0. The van der Waals surface area contributed by atoms with Crippen molar-refractivity contribution in [3.63, 3.8) is 0 Å². The van der Waals surface area contributed by atoms with E-state index in [0.29, 0.717) is 6.29 Å². The number of para-hydroxylation sites is 1. The molecule has 1 aromatic rings. The number of rotatable bonds is 2. The first-order valence-electron chi connectivity index (χ1n) is 2.94. The fourth-order valence-corrected chi connectivity index (χ4v) is 0.753. The molecule has 0 unspecified atom stereocenters. The molecule has 0 amide bonds. The quantitative estimate of drug-likeness (QED) is 0.235. The first-order chi connectivity index (χ1) is 5.25. The fraction of sp³-hybridized carbons (Fsp3) is 0.